The van der Waals surface area contributed by atoms with Gasteiger partial charge in [0.15, 0.2) is 6.10 Å². The van der Waals surface area contributed by atoms with Gasteiger partial charge >= 0.3 is 11.9 Å². The average Bonchev–Trinajstić information content (AvgIpc) is 2.52. The Balaban J connectivity index is 2.60. The standard InChI is InChI=1S/C17H29NO8S/c1-11(2)9-13-15(20)26-14(16(21)25-13)17(4,5)10-24-27(22,23)8-6-7-18-12(3)19/h11,13-14H,6-10H2,1-5H3,(H,18,19)/t13?,14-/m0/s1. The monoisotopic (exact) mass is 407 g/mol. The lowest BCUT2D eigenvalue weighted by molar-refractivity contribution is -0.206. The van der Waals surface area contributed by atoms with Crippen molar-refractivity contribution in [2.24, 2.45) is 11.3 Å². The van der Waals surface area contributed by atoms with Gasteiger partial charge in [-0.05, 0) is 18.8 Å². The molecule has 9 nitrogen and oxygen atoms in total. The zero-order valence-corrected chi connectivity index (χ0v) is 17.3. The molecule has 1 saturated heterocycles. The van der Waals surface area contributed by atoms with Crippen LogP contribution in [0.2, 0.25) is 0 Å². The summed E-state index contributed by atoms with van der Waals surface area (Å²) < 4.78 is 39.3. The van der Waals surface area contributed by atoms with Gasteiger partial charge in [-0.2, -0.15) is 8.42 Å². The molecular weight excluding hydrogens is 378 g/mol. The molecule has 0 aliphatic carbocycles. The van der Waals surface area contributed by atoms with Crippen molar-refractivity contribution >= 4 is 28.0 Å². The first-order valence-corrected chi connectivity index (χ1v) is 10.4. The van der Waals surface area contributed by atoms with Crippen LogP contribution in [0.25, 0.3) is 0 Å². The van der Waals surface area contributed by atoms with Crippen molar-refractivity contribution in [3.63, 3.8) is 0 Å². The molecule has 0 saturated carbocycles. The molecule has 1 fully saturated rings. The molecule has 0 aromatic carbocycles. The highest BCUT2D eigenvalue weighted by atomic mass is 32.2. The first-order chi connectivity index (χ1) is 12.3. The van der Waals surface area contributed by atoms with Gasteiger partial charge < -0.3 is 14.8 Å². The maximum absolute atomic E-state index is 12.2. The fourth-order valence-electron chi connectivity index (χ4n) is 2.43. The molecule has 2 atom stereocenters. The average molecular weight is 407 g/mol. The minimum absolute atomic E-state index is 0.144. The second-order valence-electron chi connectivity index (χ2n) is 7.72. The lowest BCUT2D eigenvalue weighted by atomic mass is 9.86. The van der Waals surface area contributed by atoms with E-state index in [0.717, 1.165) is 0 Å². The van der Waals surface area contributed by atoms with Gasteiger partial charge in [-0.15, -0.1) is 0 Å². The molecule has 10 heteroatoms. The maximum atomic E-state index is 12.2. The summed E-state index contributed by atoms with van der Waals surface area (Å²) in [6, 6.07) is 0. The topological polar surface area (TPSA) is 125 Å². The number of esters is 2. The Morgan fingerprint density at radius 2 is 1.85 bits per heavy atom. The fourth-order valence-corrected chi connectivity index (χ4v) is 3.53. The van der Waals surface area contributed by atoms with Gasteiger partial charge in [0.05, 0.1) is 12.4 Å². The Kier molecular flexibility index (Phi) is 8.22. The summed E-state index contributed by atoms with van der Waals surface area (Å²) in [4.78, 5) is 35.1. The van der Waals surface area contributed by atoms with Crippen LogP contribution in [0.3, 0.4) is 0 Å². The zero-order valence-electron chi connectivity index (χ0n) is 16.4. The van der Waals surface area contributed by atoms with Crippen LogP contribution in [0.15, 0.2) is 0 Å². The van der Waals surface area contributed by atoms with Crippen LogP contribution in [0.1, 0.15) is 47.5 Å². The van der Waals surface area contributed by atoms with Crippen molar-refractivity contribution in [2.75, 3.05) is 18.9 Å². The molecule has 0 aromatic rings. The fraction of sp³-hybridized carbons (Fsp3) is 0.824. The molecule has 156 valence electrons. The molecule has 1 aliphatic heterocycles. The molecule has 0 aromatic heterocycles. The predicted molar refractivity (Wildman–Crippen MR) is 96.0 cm³/mol. The predicted octanol–water partition coefficient (Wildman–Crippen LogP) is 0.769. The van der Waals surface area contributed by atoms with Gasteiger partial charge in [-0.1, -0.05) is 27.7 Å². The molecule has 1 amide bonds. The maximum Gasteiger partial charge on any atom is 0.348 e. The largest absolute Gasteiger partial charge is 0.448 e. The number of cyclic esters (lactones) is 2. The molecule has 1 N–H and O–H groups in total. The van der Waals surface area contributed by atoms with Gasteiger partial charge in [0.1, 0.15) is 0 Å². The Morgan fingerprint density at radius 1 is 1.22 bits per heavy atom. The number of ether oxygens (including phenoxy) is 2. The van der Waals surface area contributed by atoms with Crippen molar-refractivity contribution in [2.45, 2.75) is 59.7 Å². The summed E-state index contributed by atoms with van der Waals surface area (Å²) in [6.07, 6.45) is -1.64. The highest BCUT2D eigenvalue weighted by Gasteiger charge is 2.47. The van der Waals surface area contributed by atoms with Gasteiger partial charge in [0.25, 0.3) is 10.1 Å². The van der Waals surface area contributed by atoms with Crippen LogP contribution in [-0.2, 0) is 38.2 Å². The summed E-state index contributed by atoms with van der Waals surface area (Å²) in [6.45, 7) is 8.10. The van der Waals surface area contributed by atoms with Gasteiger partial charge in [0, 0.05) is 18.9 Å². The van der Waals surface area contributed by atoms with E-state index in [0.29, 0.717) is 6.42 Å². The third kappa shape index (κ3) is 7.84. The molecule has 0 radical (unpaired) electrons. The summed E-state index contributed by atoms with van der Waals surface area (Å²) in [5.74, 6) is -1.74. The SMILES string of the molecule is CC(=O)NCCCS(=O)(=O)OCC(C)(C)[C@H]1OC(=O)C(CC(C)C)OC1=O. The third-order valence-corrected chi connectivity index (χ3v) is 5.19. The van der Waals surface area contributed by atoms with Crippen LogP contribution in [0.5, 0.6) is 0 Å². The van der Waals surface area contributed by atoms with Crippen LogP contribution in [-0.4, -0.2) is 57.4 Å². The minimum atomic E-state index is -3.85. The number of carbonyl (C=O) groups excluding carboxylic acids is 3. The normalized spacial score (nSPS) is 21.0. The van der Waals surface area contributed by atoms with Crippen LogP contribution in [0, 0.1) is 11.3 Å². The van der Waals surface area contributed by atoms with Crippen molar-refractivity contribution in [1.29, 1.82) is 0 Å². The van der Waals surface area contributed by atoms with E-state index in [-0.39, 0.29) is 37.2 Å². The Morgan fingerprint density at radius 3 is 2.41 bits per heavy atom. The molecule has 1 heterocycles. The van der Waals surface area contributed by atoms with E-state index in [4.69, 9.17) is 13.7 Å². The number of carbonyl (C=O) groups is 3. The van der Waals surface area contributed by atoms with Crippen molar-refractivity contribution in [1.82, 2.24) is 5.32 Å². The van der Waals surface area contributed by atoms with Crippen LogP contribution in [0.4, 0.5) is 0 Å². The first-order valence-electron chi connectivity index (χ1n) is 8.86. The van der Waals surface area contributed by atoms with E-state index in [1.54, 1.807) is 13.8 Å². The summed E-state index contributed by atoms with van der Waals surface area (Å²) >= 11 is 0. The Bertz CT molecular complexity index is 656. The van der Waals surface area contributed by atoms with E-state index in [2.05, 4.69) is 5.32 Å². The van der Waals surface area contributed by atoms with Crippen molar-refractivity contribution in [3.05, 3.63) is 0 Å². The van der Waals surface area contributed by atoms with E-state index < -0.39 is 39.7 Å². The number of nitrogens with one attached hydrogen (secondary N) is 1. The first kappa shape index (κ1) is 23.4. The Hall–Kier alpha value is -1.68. The third-order valence-electron chi connectivity index (χ3n) is 3.92. The number of rotatable bonds is 10. The highest BCUT2D eigenvalue weighted by molar-refractivity contribution is 7.86. The van der Waals surface area contributed by atoms with Gasteiger partial charge in [0.2, 0.25) is 12.0 Å². The van der Waals surface area contributed by atoms with Crippen LogP contribution >= 0.6 is 0 Å². The van der Waals surface area contributed by atoms with E-state index in [9.17, 15) is 22.8 Å². The number of hydrogen-bond acceptors (Lipinski definition) is 8. The molecule has 1 rings (SSSR count). The van der Waals surface area contributed by atoms with Crippen LogP contribution < -0.4 is 5.32 Å². The smallest absolute Gasteiger partial charge is 0.348 e. The molecule has 1 aliphatic rings. The quantitative estimate of drug-likeness (QED) is 0.320. The van der Waals surface area contributed by atoms with Crippen molar-refractivity contribution < 1.29 is 36.5 Å². The number of hydrogen-bond donors (Lipinski definition) is 1. The second-order valence-corrected chi connectivity index (χ2v) is 9.48. The van der Waals surface area contributed by atoms with Gasteiger partial charge in [-0.25, -0.2) is 9.59 Å². The van der Waals surface area contributed by atoms with Gasteiger partial charge in [-0.3, -0.25) is 8.98 Å². The van der Waals surface area contributed by atoms with E-state index in [1.807, 2.05) is 13.8 Å². The molecule has 27 heavy (non-hydrogen) atoms. The lowest BCUT2D eigenvalue weighted by Gasteiger charge is -2.36. The second kappa shape index (κ2) is 9.50. The van der Waals surface area contributed by atoms with Crippen molar-refractivity contribution in [3.8, 4) is 0 Å². The zero-order chi connectivity index (χ0) is 20.8. The summed E-state index contributed by atoms with van der Waals surface area (Å²) in [5, 5.41) is 2.49. The molecule has 0 bridgehead atoms. The lowest BCUT2D eigenvalue weighted by Crippen LogP contribution is -2.52. The Labute approximate surface area is 160 Å². The summed E-state index contributed by atoms with van der Waals surface area (Å²) in [7, 11) is -3.85. The molecule has 1 unspecified atom stereocenters. The minimum Gasteiger partial charge on any atom is -0.448 e. The van der Waals surface area contributed by atoms with E-state index in [1.165, 1.54) is 6.92 Å². The highest BCUT2D eigenvalue weighted by Crippen LogP contribution is 2.30. The number of amides is 1. The molecular formula is C17H29NO8S. The molecule has 0 spiro atoms. The summed E-state index contributed by atoms with van der Waals surface area (Å²) in [5.41, 5.74) is -1.10. The van der Waals surface area contributed by atoms with E-state index >= 15 is 0 Å².